The first-order valence-electron chi connectivity index (χ1n) is 14.1. The smallest absolute Gasteiger partial charge is 0.227 e. The first-order chi connectivity index (χ1) is 19.6. The van der Waals surface area contributed by atoms with Gasteiger partial charge in [-0.15, -0.1) is 0 Å². The maximum atomic E-state index is 6.14. The third kappa shape index (κ3) is 4.81. The van der Waals surface area contributed by atoms with Crippen molar-refractivity contribution in [1.82, 2.24) is 9.97 Å². The number of aromatic nitrogens is 2. The van der Waals surface area contributed by atoms with Crippen LogP contribution in [0.4, 0.5) is 11.4 Å². The van der Waals surface area contributed by atoms with Crippen molar-refractivity contribution < 1.29 is 8.83 Å². The van der Waals surface area contributed by atoms with Crippen LogP contribution in [0.3, 0.4) is 0 Å². The summed E-state index contributed by atoms with van der Waals surface area (Å²) in [5.41, 5.74) is 9.82. The SMILES string of the molecule is CCN(CC)c1ccc2nc(-c3ccc(-c4ccc(-c5nc6ccc(N(CC)CC)cc6o5)cc4)cc3)oc2c1. The standard InChI is InChI=1S/C34H34N4O2/c1-5-37(6-2)27-17-19-29-31(21-27)39-33(35-29)25-13-9-23(10-14-25)24-11-15-26(16-12-24)34-36-30-20-18-28(22-32(30)40-34)38(7-3)8-4/h9-22H,5-8H2,1-4H3. The molecule has 0 aliphatic heterocycles. The summed E-state index contributed by atoms with van der Waals surface area (Å²) in [7, 11) is 0. The number of rotatable bonds is 9. The van der Waals surface area contributed by atoms with Gasteiger partial charge in [0, 0.05) is 60.8 Å². The monoisotopic (exact) mass is 530 g/mol. The average Bonchev–Trinajstić information content (AvgIpc) is 3.63. The molecule has 0 saturated carbocycles. The molecule has 0 bridgehead atoms. The molecule has 6 nitrogen and oxygen atoms in total. The molecular formula is C34H34N4O2. The molecule has 0 aliphatic carbocycles. The van der Waals surface area contributed by atoms with Crippen LogP contribution in [0, 0.1) is 0 Å². The molecule has 0 N–H and O–H groups in total. The fraction of sp³-hybridized carbons (Fsp3) is 0.235. The lowest BCUT2D eigenvalue weighted by molar-refractivity contribution is 0.619. The lowest BCUT2D eigenvalue weighted by atomic mass is 10.0. The Morgan fingerprint density at radius 1 is 0.475 bits per heavy atom. The van der Waals surface area contributed by atoms with Gasteiger partial charge >= 0.3 is 0 Å². The van der Waals surface area contributed by atoms with Crippen molar-refractivity contribution in [2.75, 3.05) is 36.0 Å². The molecule has 0 amide bonds. The van der Waals surface area contributed by atoms with E-state index in [-0.39, 0.29) is 0 Å². The van der Waals surface area contributed by atoms with Gasteiger partial charge in [-0.05, 0) is 87.4 Å². The number of hydrogen-bond acceptors (Lipinski definition) is 6. The van der Waals surface area contributed by atoms with Gasteiger partial charge in [-0.25, -0.2) is 9.97 Å². The second-order valence-corrected chi connectivity index (χ2v) is 9.84. The summed E-state index contributed by atoms with van der Waals surface area (Å²) in [5, 5.41) is 0. The fourth-order valence-corrected chi connectivity index (χ4v) is 5.25. The van der Waals surface area contributed by atoms with Gasteiger partial charge in [0.05, 0.1) is 0 Å². The van der Waals surface area contributed by atoms with Gasteiger partial charge in [0.15, 0.2) is 11.2 Å². The van der Waals surface area contributed by atoms with Crippen LogP contribution in [0.5, 0.6) is 0 Å². The minimum absolute atomic E-state index is 0.633. The molecule has 0 fully saturated rings. The minimum Gasteiger partial charge on any atom is -0.436 e. The lowest BCUT2D eigenvalue weighted by Gasteiger charge is -2.20. The molecule has 0 atom stereocenters. The Kier molecular flexibility index (Phi) is 6.99. The highest BCUT2D eigenvalue weighted by molar-refractivity contribution is 5.82. The van der Waals surface area contributed by atoms with E-state index in [1.807, 2.05) is 12.1 Å². The van der Waals surface area contributed by atoms with Crippen LogP contribution in [-0.4, -0.2) is 36.1 Å². The predicted molar refractivity (Wildman–Crippen MR) is 165 cm³/mol. The maximum absolute atomic E-state index is 6.14. The number of benzene rings is 4. The molecule has 4 aromatic carbocycles. The zero-order chi connectivity index (χ0) is 27.6. The molecule has 0 radical (unpaired) electrons. The number of hydrogen-bond donors (Lipinski definition) is 0. The highest BCUT2D eigenvalue weighted by Crippen LogP contribution is 2.32. The van der Waals surface area contributed by atoms with Crippen molar-refractivity contribution >= 4 is 33.6 Å². The van der Waals surface area contributed by atoms with E-state index in [1.54, 1.807) is 0 Å². The zero-order valence-electron chi connectivity index (χ0n) is 23.5. The first kappa shape index (κ1) is 25.7. The summed E-state index contributed by atoms with van der Waals surface area (Å²) >= 11 is 0. The first-order valence-corrected chi connectivity index (χ1v) is 14.1. The second kappa shape index (κ2) is 10.9. The minimum atomic E-state index is 0.633. The zero-order valence-corrected chi connectivity index (χ0v) is 23.5. The molecule has 2 heterocycles. The van der Waals surface area contributed by atoms with Gasteiger partial charge in [-0.3, -0.25) is 0 Å². The number of oxazole rings is 2. The highest BCUT2D eigenvalue weighted by Gasteiger charge is 2.13. The van der Waals surface area contributed by atoms with Crippen LogP contribution < -0.4 is 9.80 Å². The van der Waals surface area contributed by atoms with Crippen LogP contribution in [-0.2, 0) is 0 Å². The van der Waals surface area contributed by atoms with Crippen LogP contribution in [0.1, 0.15) is 27.7 Å². The molecule has 0 spiro atoms. The number of nitrogens with zero attached hydrogens (tertiary/aromatic N) is 4. The molecule has 2 aromatic heterocycles. The summed E-state index contributed by atoms with van der Waals surface area (Å²) in [6, 6.07) is 29.1. The van der Waals surface area contributed by atoms with Crippen molar-refractivity contribution in [3.63, 3.8) is 0 Å². The maximum Gasteiger partial charge on any atom is 0.227 e. The molecule has 0 aliphatic rings. The quantitative estimate of drug-likeness (QED) is 0.186. The summed E-state index contributed by atoms with van der Waals surface area (Å²) in [4.78, 5) is 14.0. The Labute approximate surface area is 234 Å². The third-order valence-electron chi connectivity index (χ3n) is 7.60. The van der Waals surface area contributed by atoms with Gasteiger partial charge in [-0.2, -0.15) is 0 Å². The largest absolute Gasteiger partial charge is 0.436 e. The van der Waals surface area contributed by atoms with Crippen LogP contribution in [0.2, 0.25) is 0 Å². The third-order valence-corrected chi connectivity index (χ3v) is 7.60. The van der Waals surface area contributed by atoms with Crippen molar-refractivity contribution in [3.05, 3.63) is 84.9 Å². The molecule has 6 aromatic rings. The van der Waals surface area contributed by atoms with Gasteiger partial charge in [0.1, 0.15) is 11.0 Å². The number of anilines is 2. The van der Waals surface area contributed by atoms with E-state index in [1.165, 1.54) is 0 Å². The molecule has 0 saturated heterocycles. The van der Waals surface area contributed by atoms with E-state index in [9.17, 15) is 0 Å². The highest BCUT2D eigenvalue weighted by atomic mass is 16.4. The van der Waals surface area contributed by atoms with E-state index >= 15 is 0 Å². The summed E-state index contributed by atoms with van der Waals surface area (Å²) in [6.45, 7) is 12.5. The summed E-state index contributed by atoms with van der Waals surface area (Å²) in [5.74, 6) is 1.27. The van der Waals surface area contributed by atoms with Crippen molar-refractivity contribution in [2.45, 2.75) is 27.7 Å². The van der Waals surface area contributed by atoms with Crippen molar-refractivity contribution in [3.8, 4) is 34.0 Å². The summed E-state index contributed by atoms with van der Waals surface area (Å²) in [6.07, 6.45) is 0. The van der Waals surface area contributed by atoms with Crippen molar-refractivity contribution in [1.29, 1.82) is 0 Å². The van der Waals surface area contributed by atoms with Crippen LogP contribution >= 0.6 is 0 Å². The van der Waals surface area contributed by atoms with Crippen molar-refractivity contribution in [2.24, 2.45) is 0 Å². The van der Waals surface area contributed by atoms with E-state index in [0.29, 0.717) is 11.8 Å². The Bertz CT molecular complexity index is 1610. The fourth-order valence-electron chi connectivity index (χ4n) is 5.25. The van der Waals surface area contributed by atoms with Gasteiger partial charge < -0.3 is 18.6 Å². The Morgan fingerprint density at radius 3 is 1.18 bits per heavy atom. The van der Waals surface area contributed by atoms with E-state index in [0.717, 1.165) is 82.0 Å². The van der Waals surface area contributed by atoms with Crippen LogP contribution in [0.15, 0.2) is 93.8 Å². The molecular weight excluding hydrogens is 496 g/mol. The molecule has 6 rings (SSSR count). The Morgan fingerprint density at radius 2 is 0.825 bits per heavy atom. The van der Waals surface area contributed by atoms with E-state index in [4.69, 9.17) is 18.8 Å². The second-order valence-electron chi connectivity index (χ2n) is 9.84. The predicted octanol–water partition coefficient (Wildman–Crippen LogP) is 8.66. The van der Waals surface area contributed by atoms with Gasteiger partial charge in [-0.1, -0.05) is 24.3 Å². The number of fused-ring (bicyclic) bond motifs is 2. The summed E-state index contributed by atoms with van der Waals surface area (Å²) < 4.78 is 12.3. The molecule has 40 heavy (non-hydrogen) atoms. The van der Waals surface area contributed by atoms with Crippen LogP contribution in [0.25, 0.3) is 56.2 Å². The lowest BCUT2D eigenvalue weighted by Crippen LogP contribution is -2.21. The van der Waals surface area contributed by atoms with E-state index in [2.05, 4.69) is 110 Å². The molecule has 0 unspecified atom stereocenters. The van der Waals surface area contributed by atoms with Gasteiger partial charge in [0.25, 0.3) is 0 Å². The Balaban J connectivity index is 1.21. The topological polar surface area (TPSA) is 58.5 Å². The average molecular weight is 531 g/mol. The molecule has 6 heteroatoms. The molecule has 202 valence electrons. The Hall–Kier alpha value is -4.58. The van der Waals surface area contributed by atoms with Gasteiger partial charge in [0.2, 0.25) is 11.8 Å². The van der Waals surface area contributed by atoms with E-state index < -0.39 is 0 Å². The normalized spacial score (nSPS) is 11.4.